The van der Waals surface area contributed by atoms with E-state index >= 15 is 0 Å². The largest absolute Gasteiger partial charge is 0.381 e. The van der Waals surface area contributed by atoms with Crippen molar-refractivity contribution in [2.24, 2.45) is 5.73 Å². The van der Waals surface area contributed by atoms with Gasteiger partial charge in [0.2, 0.25) is 5.91 Å². The fourth-order valence-electron chi connectivity index (χ4n) is 3.40. The number of carbonyl (C=O) groups is 1. The Bertz CT molecular complexity index is 500. The zero-order valence-electron chi connectivity index (χ0n) is 13.1. The van der Waals surface area contributed by atoms with Gasteiger partial charge in [-0.3, -0.25) is 9.89 Å². The molecule has 0 atom stereocenters. The number of aromatic nitrogens is 2. The van der Waals surface area contributed by atoms with Gasteiger partial charge in [-0.1, -0.05) is 25.7 Å². The Kier molecular flexibility index (Phi) is 4.78. The third-order valence-corrected chi connectivity index (χ3v) is 4.97. The second-order valence-electron chi connectivity index (χ2n) is 6.62. The predicted octanol–water partition coefficient (Wildman–Crippen LogP) is 2.29. The van der Waals surface area contributed by atoms with Gasteiger partial charge in [-0.25, -0.2) is 0 Å². The minimum Gasteiger partial charge on any atom is -0.381 e. The maximum Gasteiger partial charge on any atom is 0.245 e. The lowest BCUT2D eigenvalue weighted by Crippen LogP contribution is -2.54. The van der Waals surface area contributed by atoms with Gasteiger partial charge in [0.05, 0.1) is 0 Å². The Balaban J connectivity index is 1.62. The fraction of sp³-hybridized carbons (Fsp3) is 0.750. The van der Waals surface area contributed by atoms with E-state index in [9.17, 15) is 4.79 Å². The fourth-order valence-corrected chi connectivity index (χ4v) is 3.40. The molecule has 2 aliphatic rings. The van der Waals surface area contributed by atoms with E-state index in [1.54, 1.807) is 0 Å². The molecule has 3 rings (SSSR count). The molecule has 4 N–H and O–H groups in total. The van der Waals surface area contributed by atoms with Crippen LogP contribution >= 0.6 is 0 Å². The van der Waals surface area contributed by atoms with Crippen LogP contribution < -0.4 is 11.1 Å². The van der Waals surface area contributed by atoms with Crippen LogP contribution in [0.15, 0.2) is 6.07 Å². The van der Waals surface area contributed by atoms with Crippen LogP contribution in [-0.4, -0.2) is 34.9 Å². The molecule has 0 aromatic carbocycles. The third kappa shape index (κ3) is 3.50. The van der Waals surface area contributed by atoms with Crippen LogP contribution in [-0.2, 0) is 9.53 Å². The van der Waals surface area contributed by atoms with Crippen LogP contribution in [0.3, 0.4) is 0 Å². The molecule has 0 spiro atoms. The Hall–Kier alpha value is -1.40. The van der Waals surface area contributed by atoms with Crippen molar-refractivity contribution >= 4 is 11.7 Å². The lowest BCUT2D eigenvalue weighted by atomic mass is 9.90. The van der Waals surface area contributed by atoms with Crippen LogP contribution in [0.2, 0.25) is 0 Å². The normalized spacial score (nSPS) is 23.0. The van der Waals surface area contributed by atoms with Crippen molar-refractivity contribution < 1.29 is 9.53 Å². The molecule has 1 aromatic rings. The van der Waals surface area contributed by atoms with Crippen LogP contribution in [0.25, 0.3) is 0 Å². The molecular weight excluding hydrogens is 280 g/mol. The van der Waals surface area contributed by atoms with Gasteiger partial charge in [0, 0.05) is 30.9 Å². The van der Waals surface area contributed by atoms with Gasteiger partial charge in [0.25, 0.3) is 0 Å². The number of hydrogen-bond donors (Lipinski definition) is 3. The average Bonchev–Trinajstić information content (AvgIpc) is 2.81. The number of aromatic amines is 1. The van der Waals surface area contributed by atoms with E-state index in [0.29, 0.717) is 37.8 Å². The molecule has 0 bridgehead atoms. The highest BCUT2D eigenvalue weighted by Gasteiger charge is 2.36. The van der Waals surface area contributed by atoms with Gasteiger partial charge in [-0.15, -0.1) is 0 Å². The Morgan fingerprint density at radius 3 is 2.64 bits per heavy atom. The molecule has 6 nitrogen and oxygen atoms in total. The molecule has 1 aliphatic carbocycles. The molecule has 1 saturated heterocycles. The number of nitrogens with one attached hydrogen (secondary N) is 2. The number of rotatable bonds is 3. The molecule has 2 fully saturated rings. The monoisotopic (exact) mass is 306 g/mol. The maximum absolute atomic E-state index is 12.4. The number of hydrogen-bond acceptors (Lipinski definition) is 4. The second kappa shape index (κ2) is 6.79. The van der Waals surface area contributed by atoms with Crippen molar-refractivity contribution in [3.8, 4) is 0 Å². The molecule has 0 radical (unpaired) electrons. The van der Waals surface area contributed by atoms with Crippen LogP contribution in [0.1, 0.15) is 63.0 Å². The Labute approximate surface area is 131 Å². The van der Waals surface area contributed by atoms with E-state index in [2.05, 4.69) is 15.5 Å². The van der Waals surface area contributed by atoms with E-state index in [4.69, 9.17) is 10.5 Å². The number of nitrogens with zero attached hydrogens (tertiary/aromatic N) is 1. The highest BCUT2D eigenvalue weighted by molar-refractivity contribution is 5.97. The van der Waals surface area contributed by atoms with E-state index in [0.717, 1.165) is 5.69 Å². The first-order chi connectivity index (χ1) is 10.7. The Morgan fingerprint density at radius 2 is 1.95 bits per heavy atom. The smallest absolute Gasteiger partial charge is 0.245 e. The molecule has 122 valence electrons. The first kappa shape index (κ1) is 15.5. The molecular formula is C16H26N4O2. The third-order valence-electron chi connectivity index (χ3n) is 4.97. The van der Waals surface area contributed by atoms with Gasteiger partial charge in [0.15, 0.2) is 5.82 Å². The number of H-pyrrole nitrogens is 1. The summed E-state index contributed by atoms with van der Waals surface area (Å²) >= 11 is 0. The highest BCUT2D eigenvalue weighted by Crippen LogP contribution is 2.31. The molecule has 1 aliphatic heterocycles. The van der Waals surface area contributed by atoms with Gasteiger partial charge in [0.1, 0.15) is 5.54 Å². The lowest BCUT2D eigenvalue weighted by molar-refractivity contribution is -0.124. The molecule has 1 saturated carbocycles. The lowest BCUT2D eigenvalue weighted by Gasteiger charge is -2.31. The van der Waals surface area contributed by atoms with Crippen LogP contribution in [0.5, 0.6) is 0 Å². The zero-order chi connectivity index (χ0) is 15.4. The van der Waals surface area contributed by atoms with Crippen molar-refractivity contribution in [2.75, 3.05) is 18.5 Å². The van der Waals surface area contributed by atoms with Crippen LogP contribution in [0.4, 0.5) is 5.82 Å². The van der Waals surface area contributed by atoms with E-state index in [-0.39, 0.29) is 5.91 Å². The first-order valence-electron chi connectivity index (χ1n) is 8.41. The molecule has 6 heteroatoms. The number of carbonyl (C=O) groups excluding carboxylic acids is 1. The van der Waals surface area contributed by atoms with Gasteiger partial charge in [-0.05, 0) is 25.7 Å². The van der Waals surface area contributed by atoms with Crippen molar-refractivity contribution in [2.45, 2.75) is 62.8 Å². The minimum atomic E-state index is -0.834. The second-order valence-corrected chi connectivity index (χ2v) is 6.62. The maximum atomic E-state index is 12.4. The summed E-state index contributed by atoms with van der Waals surface area (Å²) in [6.45, 7) is 1.08. The summed E-state index contributed by atoms with van der Waals surface area (Å²) < 4.78 is 5.28. The molecule has 2 heterocycles. The predicted molar refractivity (Wildman–Crippen MR) is 84.6 cm³/mol. The summed E-state index contributed by atoms with van der Waals surface area (Å²) in [5.41, 5.74) is 6.49. The summed E-state index contributed by atoms with van der Waals surface area (Å²) in [4.78, 5) is 12.4. The summed E-state index contributed by atoms with van der Waals surface area (Å²) in [7, 11) is 0. The van der Waals surface area contributed by atoms with E-state index in [1.807, 2.05) is 6.07 Å². The summed E-state index contributed by atoms with van der Waals surface area (Å²) in [6, 6.07) is 1.97. The Morgan fingerprint density at radius 1 is 1.27 bits per heavy atom. The summed E-state index contributed by atoms with van der Waals surface area (Å²) in [5, 5.41) is 10.2. The standard InChI is InChI=1S/C16H26N4O2/c17-16(7-9-22-10-8-16)15(21)18-14-11-13(19-20-14)12-5-3-1-2-4-6-12/h11-12H,1-10,17H2,(H2,18,19,20,21). The van der Waals surface area contributed by atoms with Crippen molar-refractivity contribution in [1.29, 1.82) is 0 Å². The molecule has 1 aromatic heterocycles. The number of amides is 1. The van der Waals surface area contributed by atoms with Gasteiger partial charge < -0.3 is 15.8 Å². The van der Waals surface area contributed by atoms with Crippen molar-refractivity contribution in [3.05, 3.63) is 11.8 Å². The van der Waals surface area contributed by atoms with E-state index < -0.39 is 5.54 Å². The van der Waals surface area contributed by atoms with Crippen molar-refractivity contribution in [1.82, 2.24) is 10.2 Å². The van der Waals surface area contributed by atoms with Crippen LogP contribution in [0, 0.1) is 0 Å². The van der Waals surface area contributed by atoms with Gasteiger partial charge >= 0.3 is 0 Å². The summed E-state index contributed by atoms with van der Waals surface area (Å²) in [6.07, 6.45) is 8.71. The quantitative estimate of drug-likeness (QED) is 0.747. The van der Waals surface area contributed by atoms with E-state index in [1.165, 1.54) is 38.5 Å². The molecule has 22 heavy (non-hydrogen) atoms. The number of nitrogens with two attached hydrogens (primary N) is 1. The topological polar surface area (TPSA) is 93.0 Å². The highest BCUT2D eigenvalue weighted by atomic mass is 16.5. The minimum absolute atomic E-state index is 0.158. The molecule has 1 amide bonds. The first-order valence-corrected chi connectivity index (χ1v) is 8.41. The summed E-state index contributed by atoms with van der Waals surface area (Å²) in [5.74, 6) is 0.964. The van der Waals surface area contributed by atoms with Gasteiger partial charge in [-0.2, -0.15) is 5.10 Å². The SMILES string of the molecule is NC1(C(=O)Nc2cc(C3CCCCCC3)[nH]n2)CCOCC1. The average molecular weight is 306 g/mol. The number of anilines is 1. The van der Waals surface area contributed by atoms with Crippen molar-refractivity contribution in [3.63, 3.8) is 0 Å². The molecule has 0 unspecified atom stereocenters. The zero-order valence-corrected chi connectivity index (χ0v) is 13.1. The number of ether oxygens (including phenoxy) is 1.